The number of hydrogen-bond acceptors (Lipinski definition) is 3. The lowest BCUT2D eigenvalue weighted by Crippen LogP contribution is -2.45. The fraction of sp³-hybridized carbons (Fsp3) is 0.750. The van der Waals surface area contributed by atoms with Crippen molar-refractivity contribution >= 4 is 17.9 Å². The minimum absolute atomic E-state index is 0.00341. The lowest BCUT2D eigenvalue weighted by molar-refractivity contribution is -0.139. The third-order valence-electron chi connectivity index (χ3n) is 2.94. The summed E-state index contributed by atoms with van der Waals surface area (Å²) < 4.78 is 0. The average Bonchev–Trinajstić information content (AvgIpc) is 2.77. The molecule has 0 unspecified atom stereocenters. The van der Waals surface area contributed by atoms with Crippen LogP contribution in [0.4, 0.5) is 4.79 Å². The van der Waals surface area contributed by atoms with Crippen molar-refractivity contribution in [3.63, 3.8) is 0 Å². The third kappa shape index (κ3) is 5.16. The first-order valence-electron chi connectivity index (χ1n) is 5.96. The summed E-state index contributed by atoms with van der Waals surface area (Å²) in [6.45, 7) is 5.27. The minimum atomic E-state index is -0.956. The average molecular weight is 256 g/mol. The number of imide groups is 1. The molecule has 1 saturated carbocycles. The zero-order chi connectivity index (χ0) is 14.0. The molecule has 0 aliphatic heterocycles. The van der Waals surface area contributed by atoms with Gasteiger partial charge in [0, 0.05) is 12.0 Å². The molecule has 6 nitrogen and oxygen atoms in total. The molecule has 102 valence electrons. The van der Waals surface area contributed by atoms with Gasteiger partial charge in [0.05, 0.1) is 6.42 Å². The van der Waals surface area contributed by atoms with E-state index in [1.54, 1.807) is 13.8 Å². The van der Waals surface area contributed by atoms with Gasteiger partial charge in [-0.25, -0.2) is 4.79 Å². The van der Waals surface area contributed by atoms with Gasteiger partial charge in [-0.05, 0) is 25.2 Å². The molecule has 1 aliphatic carbocycles. The Hall–Kier alpha value is -1.59. The number of urea groups is 1. The van der Waals surface area contributed by atoms with E-state index < -0.39 is 23.3 Å². The molecular weight excluding hydrogens is 236 g/mol. The number of aliphatic carboxylic acids is 1. The third-order valence-corrected chi connectivity index (χ3v) is 2.94. The van der Waals surface area contributed by atoms with Crippen LogP contribution in [0.5, 0.6) is 0 Å². The predicted molar refractivity (Wildman–Crippen MR) is 65.0 cm³/mol. The number of carbonyl (C=O) groups is 3. The van der Waals surface area contributed by atoms with Crippen LogP contribution < -0.4 is 10.6 Å². The van der Waals surface area contributed by atoms with Crippen LogP contribution in [-0.4, -0.2) is 28.6 Å². The van der Waals surface area contributed by atoms with E-state index in [2.05, 4.69) is 10.6 Å². The van der Waals surface area contributed by atoms with Crippen molar-refractivity contribution in [3.8, 4) is 0 Å². The summed E-state index contributed by atoms with van der Waals surface area (Å²) >= 11 is 0. The van der Waals surface area contributed by atoms with Gasteiger partial charge < -0.3 is 10.4 Å². The molecule has 0 bridgehead atoms. The molecule has 1 rings (SSSR count). The van der Waals surface area contributed by atoms with E-state index >= 15 is 0 Å². The lowest BCUT2D eigenvalue weighted by atomic mass is 9.85. The summed E-state index contributed by atoms with van der Waals surface area (Å²) in [5.74, 6) is -1.41. The summed E-state index contributed by atoms with van der Waals surface area (Å²) in [5.41, 5.74) is -0.847. The topological polar surface area (TPSA) is 95.5 Å². The van der Waals surface area contributed by atoms with Crippen LogP contribution in [0.2, 0.25) is 0 Å². The number of carboxylic acid groups (broad SMARTS) is 1. The SMILES string of the molecule is CC(C)(CC(=O)O)CC(=O)NC(=O)NC1(C)CC1. The number of carbonyl (C=O) groups excluding carboxylic acids is 2. The normalized spacial score (nSPS) is 16.8. The predicted octanol–water partition coefficient (Wildman–Crippen LogP) is 1.26. The van der Waals surface area contributed by atoms with E-state index in [9.17, 15) is 14.4 Å². The minimum Gasteiger partial charge on any atom is -0.481 e. The molecule has 1 aliphatic rings. The van der Waals surface area contributed by atoms with Crippen LogP contribution in [0.25, 0.3) is 0 Å². The molecule has 0 aromatic rings. The van der Waals surface area contributed by atoms with Crippen molar-refractivity contribution in [3.05, 3.63) is 0 Å². The Kier molecular flexibility index (Phi) is 3.98. The van der Waals surface area contributed by atoms with Crippen LogP contribution in [0.1, 0.15) is 46.5 Å². The first kappa shape index (κ1) is 14.5. The van der Waals surface area contributed by atoms with Crippen LogP contribution >= 0.6 is 0 Å². The molecule has 0 heterocycles. The summed E-state index contributed by atoms with van der Waals surface area (Å²) in [7, 11) is 0. The summed E-state index contributed by atoms with van der Waals surface area (Å²) in [6, 6.07) is -0.508. The van der Waals surface area contributed by atoms with E-state index in [1.807, 2.05) is 6.92 Å². The van der Waals surface area contributed by atoms with Gasteiger partial charge in [-0.1, -0.05) is 13.8 Å². The Morgan fingerprint density at radius 3 is 2.22 bits per heavy atom. The number of nitrogens with one attached hydrogen (secondary N) is 2. The molecule has 6 heteroatoms. The van der Waals surface area contributed by atoms with E-state index in [1.165, 1.54) is 0 Å². The molecule has 0 atom stereocenters. The molecule has 1 fully saturated rings. The van der Waals surface area contributed by atoms with Crippen LogP contribution in [0, 0.1) is 5.41 Å². The molecule has 0 aromatic carbocycles. The van der Waals surface area contributed by atoms with Crippen molar-refractivity contribution < 1.29 is 19.5 Å². The van der Waals surface area contributed by atoms with E-state index in [4.69, 9.17) is 5.11 Å². The Morgan fingerprint density at radius 2 is 1.78 bits per heavy atom. The molecule has 0 radical (unpaired) electrons. The molecule has 3 amide bonds. The van der Waals surface area contributed by atoms with Crippen LogP contribution in [-0.2, 0) is 9.59 Å². The van der Waals surface area contributed by atoms with Gasteiger partial charge in [0.1, 0.15) is 0 Å². The van der Waals surface area contributed by atoms with Gasteiger partial charge in [0.25, 0.3) is 0 Å². The van der Waals surface area contributed by atoms with Crippen molar-refractivity contribution in [2.24, 2.45) is 5.41 Å². The monoisotopic (exact) mass is 256 g/mol. The van der Waals surface area contributed by atoms with Gasteiger partial charge in [0.2, 0.25) is 5.91 Å². The second kappa shape index (κ2) is 4.96. The quantitative estimate of drug-likeness (QED) is 0.690. The van der Waals surface area contributed by atoms with Crippen molar-refractivity contribution in [2.75, 3.05) is 0 Å². The molecule has 18 heavy (non-hydrogen) atoms. The first-order chi connectivity index (χ1) is 8.12. The molecule has 0 saturated heterocycles. The van der Waals surface area contributed by atoms with Gasteiger partial charge in [0.15, 0.2) is 0 Å². The molecule has 3 N–H and O–H groups in total. The highest BCUT2D eigenvalue weighted by Gasteiger charge is 2.39. The maximum atomic E-state index is 11.6. The highest BCUT2D eigenvalue weighted by molar-refractivity contribution is 5.95. The largest absolute Gasteiger partial charge is 0.481 e. The van der Waals surface area contributed by atoms with Crippen molar-refractivity contribution in [1.29, 1.82) is 0 Å². The molecule has 0 spiro atoms. The van der Waals surface area contributed by atoms with E-state index in [0.717, 1.165) is 12.8 Å². The smallest absolute Gasteiger partial charge is 0.321 e. The highest BCUT2D eigenvalue weighted by Crippen LogP contribution is 2.34. The van der Waals surface area contributed by atoms with Crippen LogP contribution in [0.3, 0.4) is 0 Å². The Morgan fingerprint density at radius 1 is 1.22 bits per heavy atom. The van der Waals surface area contributed by atoms with Gasteiger partial charge in [-0.3, -0.25) is 14.9 Å². The number of carboxylic acids is 1. The summed E-state index contributed by atoms with van der Waals surface area (Å²) in [6.07, 6.45) is 1.72. The first-order valence-corrected chi connectivity index (χ1v) is 5.96. The summed E-state index contributed by atoms with van der Waals surface area (Å²) in [5, 5.41) is 13.6. The van der Waals surface area contributed by atoms with Crippen LogP contribution in [0.15, 0.2) is 0 Å². The van der Waals surface area contributed by atoms with Crippen molar-refractivity contribution in [1.82, 2.24) is 10.6 Å². The van der Waals surface area contributed by atoms with E-state index in [0.29, 0.717) is 0 Å². The standard InChI is InChI=1S/C12H20N2O4/c1-11(2,7-9(16)17)6-8(15)13-10(18)14-12(3)4-5-12/h4-7H2,1-3H3,(H,16,17)(H2,13,14,15,18). The van der Waals surface area contributed by atoms with Crippen molar-refractivity contribution in [2.45, 2.75) is 52.0 Å². The second-order valence-electron chi connectivity index (χ2n) is 5.97. The fourth-order valence-electron chi connectivity index (χ4n) is 1.70. The zero-order valence-corrected chi connectivity index (χ0v) is 11.0. The number of amides is 3. The van der Waals surface area contributed by atoms with E-state index in [-0.39, 0.29) is 18.4 Å². The number of hydrogen-bond donors (Lipinski definition) is 3. The second-order valence-corrected chi connectivity index (χ2v) is 5.97. The lowest BCUT2D eigenvalue weighted by Gasteiger charge is -2.21. The molecular formula is C12H20N2O4. The maximum absolute atomic E-state index is 11.6. The Bertz CT molecular complexity index is 372. The highest BCUT2D eigenvalue weighted by atomic mass is 16.4. The zero-order valence-electron chi connectivity index (χ0n) is 11.0. The number of rotatable bonds is 5. The molecule has 0 aromatic heterocycles. The Labute approximate surface area is 106 Å². The van der Waals surface area contributed by atoms with Gasteiger partial charge in [-0.2, -0.15) is 0 Å². The Balaban J connectivity index is 2.36. The maximum Gasteiger partial charge on any atom is 0.321 e. The van der Waals surface area contributed by atoms with Gasteiger partial charge in [-0.15, -0.1) is 0 Å². The van der Waals surface area contributed by atoms with Gasteiger partial charge >= 0.3 is 12.0 Å². The summed E-state index contributed by atoms with van der Waals surface area (Å²) in [4.78, 5) is 33.7. The fourth-order valence-corrected chi connectivity index (χ4v) is 1.70.